The SMILES string of the molecule is CCOC(=O)c1occ([C@@H]2O[C@H](COCc3ccccc3)[C@@H](OCc3ccccc3)C2OCc2ccccc2)c1N. The van der Waals surface area contributed by atoms with Crippen molar-refractivity contribution in [3.05, 3.63) is 125 Å². The van der Waals surface area contributed by atoms with Gasteiger partial charge in [-0.1, -0.05) is 91.0 Å². The summed E-state index contributed by atoms with van der Waals surface area (Å²) in [5.41, 5.74) is 10.2. The normalized spacial score (nSPS) is 20.2. The number of carbonyl (C=O) groups excluding carboxylic acids is 1. The summed E-state index contributed by atoms with van der Waals surface area (Å²) >= 11 is 0. The van der Waals surface area contributed by atoms with Gasteiger partial charge in [-0.05, 0) is 23.6 Å². The second-order valence-electron chi connectivity index (χ2n) is 9.77. The Balaban J connectivity index is 1.41. The number of hydrogen-bond acceptors (Lipinski definition) is 8. The first-order valence-corrected chi connectivity index (χ1v) is 13.8. The molecule has 1 aromatic heterocycles. The van der Waals surface area contributed by atoms with Crippen molar-refractivity contribution in [2.45, 2.75) is 51.2 Å². The standard InChI is InChI=1S/C33H35NO7/c1-2-37-33(35)31-28(34)26(21-40-31)29-32(39-20-25-16-10-5-11-17-25)30(38-19-24-14-8-4-9-15-24)27(41-29)22-36-18-23-12-6-3-7-13-23/h3-17,21,27,29-30,32H,2,18-20,22,34H2,1H3/t27-,29+,30-,32?/m1/s1. The van der Waals surface area contributed by atoms with Crippen LogP contribution in [0.3, 0.4) is 0 Å². The van der Waals surface area contributed by atoms with Crippen LogP contribution < -0.4 is 5.73 Å². The minimum Gasteiger partial charge on any atom is -0.460 e. The Bertz CT molecular complexity index is 1360. The van der Waals surface area contributed by atoms with Gasteiger partial charge in [0.05, 0.1) is 45.0 Å². The van der Waals surface area contributed by atoms with Crippen molar-refractivity contribution >= 4 is 11.7 Å². The van der Waals surface area contributed by atoms with Crippen molar-refractivity contribution in [3.63, 3.8) is 0 Å². The zero-order valence-corrected chi connectivity index (χ0v) is 23.0. The van der Waals surface area contributed by atoms with Crippen LogP contribution in [0.15, 0.2) is 102 Å². The number of benzene rings is 3. The molecule has 0 spiro atoms. The molecule has 214 valence electrons. The van der Waals surface area contributed by atoms with Crippen molar-refractivity contribution in [1.29, 1.82) is 0 Å². The number of esters is 1. The van der Waals surface area contributed by atoms with Crippen LogP contribution in [0.4, 0.5) is 5.69 Å². The molecule has 0 bridgehead atoms. The average Bonchev–Trinajstić information content (AvgIpc) is 3.56. The van der Waals surface area contributed by atoms with Crippen LogP contribution in [-0.2, 0) is 43.5 Å². The summed E-state index contributed by atoms with van der Waals surface area (Å²) < 4.78 is 36.3. The van der Waals surface area contributed by atoms with Gasteiger partial charge in [0.25, 0.3) is 0 Å². The van der Waals surface area contributed by atoms with Crippen LogP contribution in [0.2, 0.25) is 0 Å². The molecule has 8 heteroatoms. The van der Waals surface area contributed by atoms with E-state index in [-0.39, 0.29) is 24.7 Å². The first kappa shape index (κ1) is 28.6. The molecule has 8 nitrogen and oxygen atoms in total. The predicted molar refractivity (Wildman–Crippen MR) is 153 cm³/mol. The zero-order valence-electron chi connectivity index (χ0n) is 23.0. The van der Waals surface area contributed by atoms with E-state index in [0.29, 0.717) is 25.4 Å². The molecule has 1 fully saturated rings. The lowest BCUT2D eigenvalue weighted by atomic mass is 10.0. The third kappa shape index (κ3) is 7.23. The highest BCUT2D eigenvalue weighted by molar-refractivity contribution is 5.92. The Morgan fingerprint density at radius 2 is 1.32 bits per heavy atom. The van der Waals surface area contributed by atoms with Gasteiger partial charge in [0.15, 0.2) is 0 Å². The summed E-state index contributed by atoms with van der Waals surface area (Å²) in [6, 6.07) is 29.7. The molecule has 0 radical (unpaired) electrons. The van der Waals surface area contributed by atoms with Crippen LogP contribution in [0.5, 0.6) is 0 Å². The molecule has 4 atom stereocenters. The van der Waals surface area contributed by atoms with Gasteiger partial charge in [-0.25, -0.2) is 4.79 Å². The van der Waals surface area contributed by atoms with E-state index in [9.17, 15) is 4.79 Å². The van der Waals surface area contributed by atoms with Crippen molar-refractivity contribution in [2.24, 2.45) is 0 Å². The Hall–Kier alpha value is -3.95. The zero-order chi connectivity index (χ0) is 28.4. The number of rotatable bonds is 13. The van der Waals surface area contributed by atoms with Gasteiger partial charge in [-0.2, -0.15) is 0 Å². The van der Waals surface area contributed by atoms with E-state index >= 15 is 0 Å². The van der Waals surface area contributed by atoms with E-state index in [1.165, 1.54) is 6.26 Å². The minimum absolute atomic E-state index is 0.0576. The maximum Gasteiger partial charge on any atom is 0.376 e. The Kier molecular flexibility index (Phi) is 9.82. The third-order valence-electron chi connectivity index (χ3n) is 6.90. The van der Waals surface area contributed by atoms with Crippen LogP contribution in [0.1, 0.15) is 45.8 Å². The molecule has 1 aliphatic heterocycles. The topological polar surface area (TPSA) is 102 Å². The third-order valence-corrected chi connectivity index (χ3v) is 6.90. The molecule has 41 heavy (non-hydrogen) atoms. The van der Waals surface area contributed by atoms with E-state index in [1.807, 2.05) is 91.0 Å². The van der Waals surface area contributed by atoms with Crippen LogP contribution in [0.25, 0.3) is 0 Å². The van der Waals surface area contributed by atoms with E-state index in [1.54, 1.807) is 6.92 Å². The van der Waals surface area contributed by atoms with Gasteiger partial charge in [-0.15, -0.1) is 0 Å². The highest BCUT2D eigenvalue weighted by Crippen LogP contribution is 2.42. The number of nitrogens with two attached hydrogens (primary N) is 1. The summed E-state index contributed by atoms with van der Waals surface area (Å²) in [7, 11) is 0. The number of carbonyl (C=O) groups is 1. The number of ether oxygens (including phenoxy) is 5. The highest BCUT2D eigenvalue weighted by Gasteiger charge is 2.48. The van der Waals surface area contributed by atoms with Gasteiger partial charge >= 0.3 is 5.97 Å². The second kappa shape index (κ2) is 14.1. The first-order chi connectivity index (χ1) is 20.1. The van der Waals surface area contributed by atoms with Gasteiger partial charge in [0.2, 0.25) is 5.76 Å². The molecule has 4 aromatic rings. The van der Waals surface area contributed by atoms with Gasteiger partial charge < -0.3 is 33.8 Å². The fourth-order valence-corrected chi connectivity index (χ4v) is 4.85. The highest BCUT2D eigenvalue weighted by atomic mass is 16.6. The maximum atomic E-state index is 12.4. The number of furan rings is 1. The summed E-state index contributed by atoms with van der Waals surface area (Å²) in [5, 5.41) is 0. The number of nitrogen functional groups attached to an aromatic ring is 1. The smallest absolute Gasteiger partial charge is 0.376 e. The molecule has 2 N–H and O–H groups in total. The van der Waals surface area contributed by atoms with E-state index in [2.05, 4.69) is 0 Å². The predicted octanol–water partition coefficient (Wildman–Crippen LogP) is 5.87. The summed E-state index contributed by atoms with van der Waals surface area (Å²) in [6.07, 6.45) is -0.781. The second-order valence-corrected chi connectivity index (χ2v) is 9.77. The molecule has 0 aliphatic carbocycles. The lowest BCUT2D eigenvalue weighted by Crippen LogP contribution is -2.37. The van der Waals surface area contributed by atoms with E-state index < -0.39 is 30.4 Å². The molecule has 2 heterocycles. The maximum absolute atomic E-state index is 12.4. The summed E-state index contributed by atoms with van der Waals surface area (Å²) in [4.78, 5) is 12.4. The molecule has 5 rings (SSSR count). The Labute approximate surface area is 239 Å². The molecular weight excluding hydrogens is 522 g/mol. The van der Waals surface area contributed by atoms with Crippen molar-refractivity contribution < 1.29 is 32.9 Å². The van der Waals surface area contributed by atoms with E-state index in [0.717, 1.165) is 16.7 Å². The summed E-state index contributed by atoms with van der Waals surface area (Å²) in [6.45, 7) is 3.30. The minimum atomic E-state index is -0.670. The number of anilines is 1. The number of hydrogen-bond donors (Lipinski definition) is 1. The Morgan fingerprint density at radius 3 is 1.88 bits per heavy atom. The van der Waals surface area contributed by atoms with Crippen molar-refractivity contribution in [1.82, 2.24) is 0 Å². The monoisotopic (exact) mass is 557 g/mol. The average molecular weight is 558 g/mol. The van der Waals surface area contributed by atoms with Gasteiger partial charge in [-0.3, -0.25) is 0 Å². The van der Waals surface area contributed by atoms with Crippen molar-refractivity contribution in [2.75, 3.05) is 18.9 Å². The van der Waals surface area contributed by atoms with Crippen LogP contribution in [-0.4, -0.2) is 37.5 Å². The first-order valence-electron chi connectivity index (χ1n) is 13.8. The fourth-order valence-electron chi connectivity index (χ4n) is 4.85. The summed E-state index contributed by atoms with van der Waals surface area (Å²) in [5.74, 6) is -0.687. The molecule has 1 saturated heterocycles. The van der Waals surface area contributed by atoms with Crippen molar-refractivity contribution in [3.8, 4) is 0 Å². The molecule has 1 aliphatic rings. The van der Waals surface area contributed by atoms with Gasteiger partial charge in [0, 0.05) is 5.56 Å². The fraction of sp³-hybridized carbons (Fsp3) is 0.303. The lowest BCUT2D eigenvalue weighted by molar-refractivity contribution is -0.0898. The van der Waals surface area contributed by atoms with Gasteiger partial charge in [0.1, 0.15) is 24.4 Å². The van der Waals surface area contributed by atoms with E-state index in [4.69, 9.17) is 33.8 Å². The lowest BCUT2D eigenvalue weighted by Gasteiger charge is -2.25. The molecular formula is C33H35NO7. The molecule has 0 saturated carbocycles. The Morgan fingerprint density at radius 1 is 0.780 bits per heavy atom. The van der Waals surface area contributed by atoms with Crippen LogP contribution in [0, 0.1) is 0 Å². The quantitative estimate of drug-likeness (QED) is 0.204. The van der Waals surface area contributed by atoms with Crippen LogP contribution >= 0.6 is 0 Å². The largest absolute Gasteiger partial charge is 0.460 e. The molecule has 0 amide bonds. The molecule has 1 unspecified atom stereocenters. The molecule has 3 aromatic carbocycles.